The molecule has 5 rings (SSSR count). The molecule has 13 nitrogen and oxygen atoms in total. The molecule has 0 bridgehead atoms. The number of carbonyl (C=O) groups excluding carboxylic acids is 6. The second-order valence-electron chi connectivity index (χ2n) is 12.0. The summed E-state index contributed by atoms with van der Waals surface area (Å²) in [5, 5.41) is 28.8. The molecule has 1 aromatic carbocycles. The number of nitrogens with two attached hydrogens (primary N) is 1. The molecule has 1 aliphatic heterocycles. The van der Waals surface area contributed by atoms with Crippen LogP contribution in [0, 0.1) is 23.7 Å². The van der Waals surface area contributed by atoms with E-state index in [1.54, 1.807) is 25.1 Å². The van der Waals surface area contributed by atoms with Gasteiger partial charge in [-0.15, -0.1) is 0 Å². The number of fused-ring (bicyclic) bond motifs is 3. The van der Waals surface area contributed by atoms with Gasteiger partial charge in [-0.1, -0.05) is 0 Å². The van der Waals surface area contributed by atoms with E-state index in [4.69, 9.17) is 5.73 Å². The van der Waals surface area contributed by atoms with Crippen LogP contribution < -0.4 is 21.3 Å². The van der Waals surface area contributed by atoms with Gasteiger partial charge in [0.1, 0.15) is 5.75 Å². The van der Waals surface area contributed by atoms with Crippen molar-refractivity contribution in [1.29, 1.82) is 0 Å². The molecule has 220 valence electrons. The monoisotopic (exact) mass is 569 g/mol. The van der Waals surface area contributed by atoms with Crippen LogP contribution in [0.2, 0.25) is 0 Å². The van der Waals surface area contributed by atoms with Gasteiger partial charge in [0.25, 0.3) is 0 Å². The number of anilines is 2. The molecular formula is C28H35N5O8. The van der Waals surface area contributed by atoms with Crippen molar-refractivity contribution in [1.82, 2.24) is 10.2 Å². The van der Waals surface area contributed by atoms with Crippen molar-refractivity contribution in [3.05, 3.63) is 17.2 Å². The van der Waals surface area contributed by atoms with Crippen LogP contribution in [0.25, 0.3) is 0 Å². The van der Waals surface area contributed by atoms with Crippen LogP contribution in [-0.4, -0.2) is 102 Å². The number of hydrogen-bond acceptors (Lipinski definition) is 11. The van der Waals surface area contributed by atoms with Crippen molar-refractivity contribution in [2.75, 3.05) is 45.0 Å². The highest BCUT2D eigenvalue weighted by Crippen LogP contribution is 2.52. The Bertz CT molecular complexity index is 1380. The Kier molecular flexibility index (Phi) is 7.03. The molecular weight excluding hydrogens is 534 g/mol. The van der Waals surface area contributed by atoms with Gasteiger partial charge in [-0.25, -0.2) is 0 Å². The first kappa shape index (κ1) is 28.8. The molecule has 1 saturated heterocycles. The van der Waals surface area contributed by atoms with Crippen LogP contribution in [0.1, 0.15) is 35.2 Å². The minimum atomic E-state index is -2.79. The molecule has 6 N–H and O–H groups in total. The number of primary amides is 1. The SMILES string of the molecule is CN(C)c1cc(NC(=O)[C@@H]2CCCN2)c(O)c2c1C[C@H]1C[C@H]3[C@H](N(C)C)C(=O)C(C(N)=O)C(=O)[C@@]3(O)C(=O)C1C2=O. The molecule has 1 aromatic rings. The summed E-state index contributed by atoms with van der Waals surface area (Å²) in [5.41, 5.74) is 3.40. The van der Waals surface area contributed by atoms with E-state index in [9.17, 15) is 39.0 Å². The number of rotatable bonds is 5. The highest BCUT2D eigenvalue weighted by molar-refractivity contribution is 6.32. The first-order valence-corrected chi connectivity index (χ1v) is 13.7. The summed E-state index contributed by atoms with van der Waals surface area (Å²) >= 11 is 0. The summed E-state index contributed by atoms with van der Waals surface area (Å²) < 4.78 is 0. The smallest absolute Gasteiger partial charge is 0.241 e. The average molecular weight is 570 g/mol. The van der Waals surface area contributed by atoms with Gasteiger partial charge in [-0.2, -0.15) is 0 Å². The number of nitrogens with one attached hydrogen (secondary N) is 2. The van der Waals surface area contributed by atoms with E-state index in [1.807, 2.05) is 0 Å². The highest BCUT2D eigenvalue weighted by atomic mass is 16.3. The lowest BCUT2D eigenvalue weighted by atomic mass is 9.52. The van der Waals surface area contributed by atoms with Gasteiger partial charge in [0.05, 0.1) is 29.3 Å². The number of phenols is 1. The van der Waals surface area contributed by atoms with Crippen molar-refractivity contribution in [3.63, 3.8) is 0 Å². The number of likely N-dealkylation sites (N-methyl/N-ethyl adjacent to an activating group) is 1. The molecule has 0 radical (unpaired) electrons. The van der Waals surface area contributed by atoms with Crippen molar-refractivity contribution in [3.8, 4) is 5.75 Å². The predicted molar refractivity (Wildman–Crippen MR) is 145 cm³/mol. The van der Waals surface area contributed by atoms with Crippen LogP contribution in [-0.2, 0) is 30.4 Å². The van der Waals surface area contributed by atoms with Gasteiger partial charge < -0.3 is 31.5 Å². The number of amides is 2. The van der Waals surface area contributed by atoms with Crippen LogP contribution >= 0.6 is 0 Å². The summed E-state index contributed by atoms with van der Waals surface area (Å²) in [6.07, 6.45) is 1.53. The number of aliphatic hydroxyl groups is 1. The average Bonchev–Trinajstić information content (AvgIpc) is 3.42. The molecule has 2 saturated carbocycles. The molecule has 7 atom stereocenters. The second-order valence-corrected chi connectivity index (χ2v) is 12.0. The molecule has 41 heavy (non-hydrogen) atoms. The maximum Gasteiger partial charge on any atom is 0.241 e. The topological polar surface area (TPSA) is 199 Å². The Morgan fingerprint density at radius 1 is 1.12 bits per heavy atom. The normalized spacial score (nSPS) is 32.8. The summed E-state index contributed by atoms with van der Waals surface area (Å²) in [6.45, 7) is 0.681. The van der Waals surface area contributed by atoms with Crippen LogP contribution in [0.5, 0.6) is 5.75 Å². The fraction of sp³-hybridized carbons (Fsp3) is 0.571. The fourth-order valence-electron chi connectivity index (χ4n) is 7.27. The van der Waals surface area contributed by atoms with E-state index in [2.05, 4.69) is 10.6 Å². The zero-order valence-electron chi connectivity index (χ0n) is 23.4. The lowest BCUT2D eigenvalue weighted by Gasteiger charge is -2.52. The second kappa shape index (κ2) is 10.00. The highest BCUT2D eigenvalue weighted by Gasteiger charge is 2.69. The van der Waals surface area contributed by atoms with E-state index in [1.165, 1.54) is 19.0 Å². The third-order valence-corrected chi connectivity index (χ3v) is 9.15. The largest absolute Gasteiger partial charge is 0.505 e. The third kappa shape index (κ3) is 4.17. The van der Waals surface area contributed by atoms with E-state index in [-0.39, 0.29) is 30.0 Å². The number of nitrogens with zero attached hydrogens (tertiary/aromatic N) is 2. The van der Waals surface area contributed by atoms with Crippen molar-refractivity contribution >= 4 is 46.3 Å². The minimum absolute atomic E-state index is 0.00130. The third-order valence-electron chi connectivity index (χ3n) is 9.15. The number of carbonyl (C=O) groups is 6. The Morgan fingerprint density at radius 2 is 1.80 bits per heavy atom. The summed E-state index contributed by atoms with van der Waals surface area (Å²) in [6, 6.07) is -0.0500. The van der Waals surface area contributed by atoms with E-state index >= 15 is 0 Å². The van der Waals surface area contributed by atoms with E-state index in [0.29, 0.717) is 24.2 Å². The lowest BCUT2D eigenvalue weighted by Crippen LogP contribution is -2.74. The summed E-state index contributed by atoms with van der Waals surface area (Å²) in [5.74, 6) is -11.6. The van der Waals surface area contributed by atoms with Gasteiger partial charge in [0, 0.05) is 25.7 Å². The fourth-order valence-corrected chi connectivity index (χ4v) is 7.27. The first-order valence-electron chi connectivity index (χ1n) is 13.7. The van der Waals surface area contributed by atoms with Crippen molar-refractivity contribution < 1.29 is 39.0 Å². The van der Waals surface area contributed by atoms with Gasteiger partial charge in [-0.3, -0.25) is 33.7 Å². The molecule has 13 heteroatoms. The molecule has 3 aliphatic carbocycles. The number of aromatic hydroxyl groups is 1. The van der Waals surface area contributed by atoms with Gasteiger partial charge in [0.15, 0.2) is 34.7 Å². The molecule has 2 amide bonds. The maximum absolute atomic E-state index is 14.1. The number of phenolic OH excluding ortho intramolecular Hbond substituents is 1. The standard InChI is InChI=1S/C28H35N5O8/c1-32(2)16-10-15(31-27(40)14-6-5-7-30-14)21(34)18-12(16)8-11-9-13-20(33(3)4)23(36)19(26(29)39)25(38)28(13,41)24(37)17(11)22(18)35/h10-11,13-14,17,19-20,30,34,41H,5-9H2,1-4H3,(H2,29,39)(H,31,40)/t11-,13-,14-,17?,19?,20-,28-/m0/s1. The number of ketones is 4. The number of benzene rings is 1. The van der Waals surface area contributed by atoms with Crippen LogP contribution in [0.4, 0.5) is 11.4 Å². The Hall–Kier alpha value is -3.68. The number of Topliss-reactive ketones (excluding diaryl/α,β-unsaturated/α-hetero) is 4. The van der Waals surface area contributed by atoms with Gasteiger partial charge >= 0.3 is 0 Å². The van der Waals surface area contributed by atoms with Crippen LogP contribution in [0.15, 0.2) is 6.07 Å². The molecule has 0 aromatic heterocycles. The zero-order valence-corrected chi connectivity index (χ0v) is 23.4. The lowest BCUT2D eigenvalue weighted by molar-refractivity contribution is -0.181. The molecule has 3 fully saturated rings. The zero-order chi connectivity index (χ0) is 30.1. The molecule has 2 unspecified atom stereocenters. The van der Waals surface area contributed by atoms with Crippen LogP contribution in [0.3, 0.4) is 0 Å². The molecule has 0 spiro atoms. The van der Waals surface area contributed by atoms with Crippen molar-refractivity contribution in [2.45, 2.75) is 43.4 Å². The molecule has 4 aliphatic rings. The Balaban J connectivity index is 1.61. The summed E-state index contributed by atoms with van der Waals surface area (Å²) in [7, 11) is 6.55. The van der Waals surface area contributed by atoms with Gasteiger partial charge in [0.2, 0.25) is 11.8 Å². The summed E-state index contributed by atoms with van der Waals surface area (Å²) in [4.78, 5) is 82.9. The van der Waals surface area contributed by atoms with Crippen molar-refractivity contribution in [2.24, 2.45) is 29.4 Å². The maximum atomic E-state index is 14.1. The Morgan fingerprint density at radius 3 is 2.37 bits per heavy atom. The number of hydrogen-bond donors (Lipinski definition) is 5. The molecule has 1 heterocycles. The van der Waals surface area contributed by atoms with E-state index in [0.717, 1.165) is 6.42 Å². The quantitative estimate of drug-likeness (QED) is 0.207. The minimum Gasteiger partial charge on any atom is -0.505 e. The van der Waals surface area contributed by atoms with Gasteiger partial charge in [-0.05, 0) is 63.9 Å². The van der Waals surface area contributed by atoms with E-state index < -0.39 is 76.1 Å². The predicted octanol–water partition coefficient (Wildman–Crippen LogP) is -1.38. The Labute approximate surface area is 236 Å². The first-order chi connectivity index (χ1) is 19.2.